The van der Waals surface area contributed by atoms with Gasteiger partial charge in [-0.2, -0.15) is 9.90 Å². The molecular weight excluding hydrogens is 182 g/mol. The fourth-order valence-corrected chi connectivity index (χ4v) is 1.16. The minimum Gasteiger partial charge on any atom is -0.476 e. The minimum atomic E-state index is -1.000. The lowest BCUT2D eigenvalue weighted by Gasteiger charge is -2.00. The lowest BCUT2D eigenvalue weighted by molar-refractivity contribution is 0.0688. The highest BCUT2D eigenvalue weighted by Crippen LogP contribution is 2.09. The lowest BCUT2D eigenvalue weighted by Crippen LogP contribution is -2.06. The Morgan fingerprint density at radius 1 is 1.50 bits per heavy atom. The maximum Gasteiger partial charge on any atom is 0.358 e. The van der Waals surface area contributed by atoms with Crippen molar-refractivity contribution in [3.63, 3.8) is 0 Å². The number of aryl methyl sites for hydroxylation is 1. The summed E-state index contributed by atoms with van der Waals surface area (Å²) in [4.78, 5) is 12.3. The molecule has 0 aliphatic heterocycles. The van der Waals surface area contributed by atoms with Crippen LogP contribution in [0.1, 0.15) is 49.4 Å². The molecule has 1 aromatic rings. The van der Waals surface area contributed by atoms with Crippen molar-refractivity contribution < 1.29 is 9.90 Å². The number of rotatable bonds is 4. The topological polar surface area (TPSA) is 68.0 Å². The van der Waals surface area contributed by atoms with Crippen molar-refractivity contribution in [2.75, 3.05) is 0 Å². The Balaban J connectivity index is 3.05. The van der Waals surface area contributed by atoms with Crippen molar-refractivity contribution in [1.29, 1.82) is 0 Å². The van der Waals surface area contributed by atoms with E-state index in [0.29, 0.717) is 12.1 Å². The van der Waals surface area contributed by atoms with Gasteiger partial charge in [0.15, 0.2) is 5.69 Å². The van der Waals surface area contributed by atoms with E-state index in [-0.39, 0.29) is 11.7 Å². The van der Waals surface area contributed by atoms with Crippen LogP contribution in [-0.4, -0.2) is 26.1 Å². The van der Waals surface area contributed by atoms with E-state index in [0.717, 1.165) is 6.42 Å². The van der Waals surface area contributed by atoms with Gasteiger partial charge < -0.3 is 5.11 Å². The lowest BCUT2D eigenvalue weighted by atomic mass is 10.2. The number of nitrogens with zero attached hydrogens (tertiary/aromatic N) is 3. The van der Waals surface area contributed by atoms with Crippen LogP contribution in [0.5, 0.6) is 0 Å². The first-order valence-corrected chi connectivity index (χ1v) is 4.75. The fourth-order valence-electron chi connectivity index (χ4n) is 1.16. The van der Waals surface area contributed by atoms with Gasteiger partial charge >= 0.3 is 5.97 Å². The zero-order valence-corrected chi connectivity index (χ0v) is 8.69. The average Bonchev–Trinajstić information content (AvgIpc) is 2.49. The van der Waals surface area contributed by atoms with Crippen LogP contribution in [0.25, 0.3) is 0 Å². The van der Waals surface area contributed by atoms with E-state index in [4.69, 9.17) is 5.11 Å². The molecule has 0 unspecified atom stereocenters. The van der Waals surface area contributed by atoms with E-state index in [1.807, 2.05) is 20.8 Å². The SMILES string of the molecule is CCCc1nn(C(C)C)nc1C(=O)O. The number of aromatic carboxylic acids is 1. The number of carboxylic acids is 1. The van der Waals surface area contributed by atoms with E-state index >= 15 is 0 Å². The van der Waals surface area contributed by atoms with Gasteiger partial charge in [0.1, 0.15) is 0 Å². The molecule has 1 aromatic heterocycles. The Labute approximate surface area is 82.7 Å². The Morgan fingerprint density at radius 2 is 2.14 bits per heavy atom. The zero-order chi connectivity index (χ0) is 10.7. The predicted octanol–water partition coefficient (Wildman–Crippen LogP) is 1.51. The molecule has 1 heterocycles. The van der Waals surface area contributed by atoms with Crippen LogP contribution in [0, 0.1) is 0 Å². The van der Waals surface area contributed by atoms with Gasteiger partial charge in [-0.15, -0.1) is 5.10 Å². The quantitative estimate of drug-likeness (QED) is 0.794. The summed E-state index contributed by atoms with van der Waals surface area (Å²) in [5.41, 5.74) is 0.661. The van der Waals surface area contributed by atoms with E-state index in [2.05, 4.69) is 10.2 Å². The first-order chi connectivity index (χ1) is 6.56. The molecule has 0 radical (unpaired) electrons. The Hall–Kier alpha value is -1.39. The van der Waals surface area contributed by atoms with Gasteiger partial charge in [-0.05, 0) is 20.3 Å². The number of hydrogen-bond donors (Lipinski definition) is 1. The van der Waals surface area contributed by atoms with E-state index in [1.54, 1.807) is 0 Å². The Morgan fingerprint density at radius 3 is 2.57 bits per heavy atom. The van der Waals surface area contributed by atoms with Gasteiger partial charge in [-0.3, -0.25) is 0 Å². The molecule has 0 spiro atoms. The molecule has 0 fully saturated rings. The first kappa shape index (κ1) is 10.7. The molecule has 1 N–H and O–H groups in total. The van der Waals surface area contributed by atoms with Gasteiger partial charge in [-0.1, -0.05) is 13.3 Å². The van der Waals surface area contributed by atoms with E-state index in [1.165, 1.54) is 4.80 Å². The molecule has 0 saturated heterocycles. The third-order valence-electron chi connectivity index (χ3n) is 1.85. The maximum atomic E-state index is 10.8. The number of carboxylic acid groups (broad SMARTS) is 1. The maximum absolute atomic E-state index is 10.8. The smallest absolute Gasteiger partial charge is 0.358 e. The van der Waals surface area contributed by atoms with Crippen molar-refractivity contribution >= 4 is 5.97 Å². The van der Waals surface area contributed by atoms with Crippen LogP contribution >= 0.6 is 0 Å². The monoisotopic (exact) mass is 197 g/mol. The fraction of sp³-hybridized carbons (Fsp3) is 0.667. The molecule has 0 bridgehead atoms. The molecule has 0 aromatic carbocycles. The molecule has 14 heavy (non-hydrogen) atoms. The molecule has 5 heteroatoms. The van der Waals surface area contributed by atoms with Gasteiger partial charge in [0.2, 0.25) is 0 Å². The van der Waals surface area contributed by atoms with Crippen LogP contribution in [0.15, 0.2) is 0 Å². The Kier molecular flexibility index (Phi) is 3.22. The van der Waals surface area contributed by atoms with Crippen LogP contribution in [0.4, 0.5) is 0 Å². The van der Waals surface area contributed by atoms with Crippen molar-refractivity contribution in [1.82, 2.24) is 15.0 Å². The normalized spacial score (nSPS) is 10.9. The summed E-state index contributed by atoms with van der Waals surface area (Å²) in [6, 6.07) is 0.0960. The summed E-state index contributed by atoms with van der Waals surface area (Å²) in [6.45, 7) is 5.82. The highest BCUT2D eigenvalue weighted by atomic mass is 16.4. The molecule has 0 aliphatic rings. The zero-order valence-electron chi connectivity index (χ0n) is 8.69. The van der Waals surface area contributed by atoms with Crippen LogP contribution in [-0.2, 0) is 6.42 Å². The molecular formula is C9H15N3O2. The summed E-state index contributed by atoms with van der Waals surface area (Å²) in [6.07, 6.45) is 1.53. The van der Waals surface area contributed by atoms with Gasteiger partial charge in [0.25, 0.3) is 0 Å². The van der Waals surface area contributed by atoms with Crippen molar-refractivity contribution in [3.05, 3.63) is 11.4 Å². The molecule has 78 valence electrons. The van der Waals surface area contributed by atoms with Gasteiger partial charge in [0.05, 0.1) is 11.7 Å². The second-order valence-electron chi connectivity index (χ2n) is 3.46. The van der Waals surface area contributed by atoms with Crippen molar-refractivity contribution in [2.45, 2.75) is 39.7 Å². The highest BCUT2D eigenvalue weighted by molar-refractivity contribution is 5.86. The molecule has 1 rings (SSSR count). The molecule has 0 saturated carbocycles. The van der Waals surface area contributed by atoms with Crippen molar-refractivity contribution in [2.24, 2.45) is 0 Å². The van der Waals surface area contributed by atoms with Crippen LogP contribution in [0.3, 0.4) is 0 Å². The average molecular weight is 197 g/mol. The van der Waals surface area contributed by atoms with E-state index < -0.39 is 5.97 Å². The molecule has 5 nitrogen and oxygen atoms in total. The number of aromatic nitrogens is 3. The highest BCUT2D eigenvalue weighted by Gasteiger charge is 2.17. The van der Waals surface area contributed by atoms with Crippen LogP contribution < -0.4 is 0 Å². The standard InChI is InChI=1S/C9H15N3O2/c1-4-5-7-8(9(13)14)11-12(10-7)6(2)3/h6H,4-5H2,1-3H3,(H,13,14). The third kappa shape index (κ3) is 2.10. The van der Waals surface area contributed by atoms with Gasteiger partial charge in [-0.25, -0.2) is 4.79 Å². The number of hydrogen-bond acceptors (Lipinski definition) is 3. The minimum absolute atomic E-state index is 0.0838. The number of carbonyl (C=O) groups is 1. The second kappa shape index (κ2) is 4.21. The second-order valence-corrected chi connectivity index (χ2v) is 3.46. The van der Waals surface area contributed by atoms with E-state index in [9.17, 15) is 4.79 Å². The summed E-state index contributed by atoms with van der Waals surface area (Å²) >= 11 is 0. The molecule has 0 amide bonds. The summed E-state index contributed by atoms with van der Waals surface area (Å²) in [7, 11) is 0. The van der Waals surface area contributed by atoms with Gasteiger partial charge in [0, 0.05) is 0 Å². The summed E-state index contributed by atoms with van der Waals surface area (Å²) in [5, 5.41) is 17.0. The first-order valence-electron chi connectivity index (χ1n) is 4.75. The molecule has 0 atom stereocenters. The summed E-state index contributed by atoms with van der Waals surface area (Å²) in [5.74, 6) is -1.000. The van der Waals surface area contributed by atoms with Crippen LogP contribution in [0.2, 0.25) is 0 Å². The molecule has 0 aliphatic carbocycles. The predicted molar refractivity (Wildman–Crippen MR) is 51.4 cm³/mol. The third-order valence-corrected chi connectivity index (χ3v) is 1.85. The Bertz CT molecular complexity index is 331. The largest absolute Gasteiger partial charge is 0.476 e. The summed E-state index contributed by atoms with van der Waals surface area (Å²) < 4.78 is 0. The van der Waals surface area contributed by atoms with Crippen molar-refractivity contribution in [3.8, 4) is 0 Å².